The van der Waals surface area contributed by atoms with Gasteiger partial charge in [-0.15, -0.1) is 0 Å². The van der Waals surface area contributed by atoms with E-state index >= 15 is 0 Å². The fraction of sp³-hybridized carbons (Fsp3) is 0.500. The van der Waals surface area contributed by atoms with Gasteiger partial charge in [-0.3, -0.25) is 13.7 Å². The lowest BCUT2D eigenvalue weighted by atomic mass is 10.0. The van der Waals surface area contributed by atoms with E-state index in [0.717, 1.165) is 21.0 Å². The molecule has 1 aliphatic heterocycles. The van der Waals surface area contributed by atoms with E-state index < -0.39 is 35.5 Å². The van der Waals surface area contributed by atoms with Gasteiger partial charge >= 0.3 is 11.8 Å². The zero-order valence-electron chi connectivity index (χ0n) is 26.1. The molecular weight excluding hydrogens is 600 g/mol. The molecule has 2 atom stereocenters. The summed E-state index contributed by atoms with van der Waals surface area (Å²) in [5.41, 5.74) is 3.08. The molecule has 0 unspecified atom stereocenters. The molecule has 2 aromatic carbocycles. The zero-order valence-corrected chi connectivity index (χ0v) is 27.0. The number of nitriles is 1. The van der Waals surface area contributed by atoms with Gasteiger partial charge in [0.25, 0.3) is 5.91 Å². The lowest BCUT2D eigenvalue weighted by molar-refractivity contribution is -0.139. The number of hydrogen-bond acceptors (Lipinski definition) is 10. The van der Waals surface area contributed by atoms with Crippen molar-refractivity contribution < 1.29 is 33.0 Å². The molecule has 3 aromatic rings. The molecule has 0 radical (unpaired) electrons. The second kappa shape index (κ2) is 15.4. The van der Waals surface area contributed by atoms with Crippen LogP contribution in [0.15, 0.2) is 51.7 Å². The van der Waals surface area contributed by atoms with Crippen molar-refractivity contribution in [2.75, 3.05) is 46.6 Å². The van der Waals surface area contributed by atoms with E-state index in [9.17, 15) is 19.6 Å². The highest BCUT2D eigenvalue weighted by Gasteiger charge is 2.34. The van der Waals surface area contributed by atoms with E-state index in [1.807, 2.05) is 36.4 Å². The third kappa shape index (κ3) is 9.11. The number of methoxy groups -OCH3 is 1. The maximum atomic E-state index is 13.3. The van der Waals surface area contributed by atoms with Crippen LogP contribution in [0.3, 0.4) is 0 Å². The van der Waals surface area contributed by atoms with Crippen LogP contribution in [0, 0.1) is 11.3 Å². The quantitative estimate of drug-likeness (QED) is 0.243. The van der Waals surface area contributed by atoms with Crippen molar-refractivity contribution in [2.45, 2.75) is 57.9 Å². The first-order valence-electron chi connectivity index (χ1n) is 14.8. The van der Waals surface area contributed by atoms with Gasteiger partial charge in [-0.25, -0.2) is 9.59 Å². The fourth-order valence-corrected chi connectivity index (χ4v) is 5.13. The van der Waals surface area contributed by atoms with Crippen LogP contribution in [0.25, 0.3) is 22.2 Å². The predicted octanol–water partition coefficient (Wildman–Crippen LogP) is 4.06. The number of carbonyl (C=O) groups excluding carboxylic acids is 2. The molecule has 1 saturated heterocycles. The Morgan fingerprint density at radius 2 is 1.87 bits per heavy atom. The van der Waals surface area contributed by atoms with Crippen LogP contribution < -0.4 is 5.76 Å². The Morgan fingerprint density at radius 3 is 2.56 bits per heavy atom. The van der Waals surface area contributed by atoms with Gasteiger partial charge in [0.2, 0.25) is 0 Å². The summed E-state index contributed by atoms with van der Waals surface area (Å²) in [4.78, 5) is 39.9. The molecule has 0 aliphatic carbocycles. The Balaban J connectivity index is 1.41. The summed E-state index contributed by atoms with van der Waals surface area (Å²) in [5.74, 6) is -0.950. The lowest BCUT2D eigenvalue weighted by Gasteiger charge is -2.29. The minimum absolute atomic E-state index is 0.00728. The van der Waals surface area contributed by atoms with Crippen LogP contribution in [0.4, 0.5) is 4.79 Å². The van der Waals surface area contributed by atoms with Crippen LogP contribution in [0.5, 0.6) is 0 Å². The number of ether oxygens (including phenoxy) is 4. The van der Waals surface area contributed by atoms with Gasteiger partial charge in [0, 0.05) is 26.7 Å². The van der Waals surface area contributed by atoms with E-state index in [0.29, 0.717) is 57.0 Å². The highest BCUT2D eigenvalue weighted by Crippen LogP contribution is 2.26. The van der Waals surface area contributed by atoms with Crippen molar-refractivity contribution in [2.24, 2.45) is 0 Å². The second-order valence-electron chi connectivity index (χ2n) is 11.7. The number of amides is 2. The van der Waals surface area contributed by atoms with Crippen LogP contribution in [-0.4, -0.2) is 90.1 Å². The first-order chi connectivity index (χ1) is 21.5. The Hall–Kier alpha value is -3.83. The van der Waals surface area contributed by atoms with E-state index in [-0.39, 0.29) is 13.0 Å². The lowest BCUT2D eigenvalue weighted by Crippen LogP contribution is -2.47. The number of nitrogens with zero attached hydrogens (tertiary/aromatic N) is 4. The van der Waals surface area contributed by atoms with Crippen LogP contribution in [0.2, 0.25) is 0 Å². The number of hydrogen-bond donors (Lipinski definition) is 1. The predicted molar refractivity (Wildman–Crippen MR) is 170 cm³/mol. The molecule has 13 heteroatoms. The molecular formula is C32H40N4O8S. The van der Waals surface area contributed by atoms with Crippen molar-refractivity contribution in [1.29, 1.82) is 5.26 Å². The normalized spacial score (nSPS) is 16.2. The summed E-state index contributed by atoms with van der Waals surface area (Å²) in [5, 5.41) is 9.92. The van der Waals surface area contributed by atoms with Crippen LogP contribution in [0.1, 0.15) is 32.8 Å². The van der Waals surface area contributed by atoms with Crippen molar-refractivity contribution in [3.05, 3.63) is 58.6 Å². The number of fused-ring (bicyclic) bond motifs is 1. The molecule has 45 heavy (non-hydrogen) atoms. The maximum absolute atomic E-state index is 13.3. The van der Waals surface area contributed by atoms with Crippen molar-refractivity contribution in [3.63, 3.8) is 0 Å². The minimum atomic E-state index is -0.970. The topological polar surface area (TPSA) is 136 Å². The summed E-state index contributed by atoms with van der Waals surface area (Å²) in [6.07, 6.45) is -0.699. The number of benzene rings is 2. The molecule has 1 aromatic heterocycles. The summed E-state index contributed by atoms with van der Waals surface area (Å²) >= 11 is 4.38. The highest BCUT2D eigenvalue weighted by molar-refractivity contribution is 7.78. The average Bonchev–Trinajstić information content (AvgIpc) is 3.15. The van der Waals surface area contributed by atoms with E-state index in [1.54, 1.807) is 38.5 Å². The third-order valence-corrected chi connectivity index (χ3v) is 7.63. The molecule has 12 nitrogen and oxygen atoms in total. The van der Waals surface area contributed by atoms with Gasteiger partial charge in [-0.2, -0.15) is 5.26 Å². The largest absolute Gasteiger partial charge is 0.444 e. The van der Waals surface area contributed by atoms with Crippen molar-refractivity contribution in [3.8, 4) is 17.2 Å². The Bertz CT molecular complexity index is 1560. The SMILES string of the molecule is COCCOCCn1c(=O)oc2ccc(-c3ccc(C[C@@H](C#N)N(S)C(=O)[C@@H]4CN(C(=O)OC(C)(C)C)CCCO4)cc3)cc21. The standard InChI is InChI=1S/C32H40N4O8S/c1-32(2,3)44-30(38)34-12-5-14-42-28(21-34)29(37)36(45)25(20-33)18-22-6-8-23(9-7-22)24-10-11-27-26(19-24)35(31(39)43-27)13-15-41-17-16-40-4/h6-11,19,25,28,45H,5,12-18,21H2,1-4H3/t25-,28-/m0/s1. The summed E-state index contributed by atoms with van der Waals surface area (Å²) < 4.78 is 29.7. The summed E-state index contributed by atoms with van der Waals surface area (Å²) in [6.45, 7) is 7.63. The maximum Gasteiger partial charge on any atom is 0.420 e. The molecule has 1 fully saturated rings. The molecule has 0 N–H and O–H groups in total. The van der Waals surface area contributed by atoms with Gasteiger partial charge in [0.1, 0.15) is 11.6 Å². The van der Waals surface area contributed by atoms with Gasteiger partial charge in [-0.05, 0) is 56.0 Å². The molecule has 2 amide bonds. The van der Waals surface area contributed by atoms with Gasteiger partial charge in [0.15, 0.2) is 11.7 Å². The monoisotopic (exact) mass is 640 g/mol. The average molecular weight is 641 g/mol. The van der Waals surface area contributed by atoms with Crippen molar-refractivity contribution in [1.82, 2.24) is 13.8 Å². The van der Waals surface area contributed by atoms with Gasteiger partial charge in [0.05, 0.1) is 44.5 Å². The summed E-state index contributed by atoms with van der Waals surface area (Å²) in [7, 11) is 1.60. The number of aromatic nitrogens is 1. The van der Waals surface area contributed by atoms with Crippen LogP contribution >= 0.6 is 12.8 Å². The molecule has 0 saturated carbocycles. The second-order valence-corrected chi connectivity index (χ2v) is 12.1. The smallest absolute Gasteiger partial charge is 0.420 e. The molecule has 0 spiro atoms. The number of carbonyl (C=O) groups is 2. The fourth-order valence-electron chi connectivity index (χ4n) is 4.86. The Labute approximate surface area is 267 Å². The Morgan fingerprint density at radius 1 is 1.13 bits per heavy atom. The van der Waals surface area contributed by atoms with Gasteiger partial charge in [-0.1, -0.05) is 43.1 Å². The molecule has 2 heterocycles. The molecule has 242 valence electrons. The van der Waals surface area contributed by atoms with E-state index in [4.69, 9.17) is 23.4 Å². The highest BCUT2D eigenvalue weighted by atomic mass is 32.1. The number of rotatable bonds is 11. The molecule has 1 aliphatic rings. The minimum Gasteiger partial charge on any atom is -0.444 e. The summed E-state index contributed by atoms with van der Waals surface area (Å²) in [6, 6.07) is 14.4. The number of thiol groups is 1. The Kier molecular flexibility index (Phi) is 11.7. The van der Waals surface area contributed by atoms with E-state index in [1.165, 1.54) is 4.90 Å². The van der Waals surface area contributed by atoms with Crippen LogP contribution in [-0.2, 0) is 36.7 Å². The first-order valence-corrected chi connectivity index (χ1v) is 15.2. The van der Waals surface area contributed by atoms with Gasteiger partial charge < -0.3 is 28.3 Å². The number of oxazole rings is 1. The van der Waals surface area contributed by atoms with E-state index in [2.05, 4.69) is 18.9 Å². The van der Waals surface area contributed by atoms with Crippen molar-refractivity contribution >= 4 is 35.9 Å². The third-order valence-electron chi connectivity index (χ3n) is 7.15. The molecule has 0 bridgehead atoms. The molecule has 4 rings (SSSR count). The first kappa shape index (κ1) is 34.1. The zero-order chi connectivity index (χ0) is 32.6.